The second-order valence-electron chi connectivity index (χ2n) is 6.47. The summed E-state index contributed by atoms with van der Waals surface area (Å²) in [6.07, 6.45) is -9.01. The summed E-state index contributed by atoms with van der Waals surface area (Å²) in [6.45, 7) is 0.378. The topological polar surface area (TPSA) is 29.9 Å². The Bertz CT molecular complexity index is 1080. The summed E-state index contributed by atoms with van der Waals surface area (Å²) in [4.78, 5) is 0. The van der Waals surface area contributed by atoms with Crippen LogP contribution in [0.25, 0.3) is 16.9 Å². The van der Waals surface area contributed by atoms with Gasteiger partial charge in [0.15, 0.2) is 0 Å². The van der Waals surface area contributed by atoms with Crippen LogP contribution in [0.3, 0.4) is 0 Å². The van der Waals surface area contributed by atoms with Crippen molar-refractivity contribution in [2.75, 3.05) is 11.9 Å². The second-order valence-corrected chi connectivity index (χ2v) is 6.90. The SMILES string of the molecule is FC(F)(F)c1ccccc1-c1nn(-c2ccc(Cl)cc2C(F)(F)F)c2c1CCN2. The van der Waals surface area contributed by atoms with Crippen LogP contribution in [0.15, 0.2) is 42.5 Å². The molecule has 0 atom stereocenters. The van der Waals surface area contributed by atoms with Crippen molar-refractivity contribution in [1.29, 1.82) is 0 Å². The highest BCUT2D eigenvalue weighted by molar-refractivity contribution is 6.30. The van der Waals surface area contributed by atoms with E-state index in [2.05, 4.69) is 10.4 Å². The third-order valence-corrected chi connectivity index (χ3v) is 4.87. The maximum absolute atomic E-state index is 13.5. The molecule has 0 radical (unpaired) electrons. The van der Waals surface area contributed by atoms with Gasteiger partial charge in [-0.2, -0.15) is 31.4 Å². The van der Waals surface area contributed by atoms with E-state index in [1.54, 1.807) is 0 Å². The molecule has 2 aromatic carbocycles. The van der Waals surface area contributed by atoms with Crippen LogP contribution >= 0.6 is 11.6 Å². The third-order valence-electron chi connectivity index (χ3n) is 4.63. The van der Waals surface area contributed by atoms with Crippen LogP contribution in [0.1, 0.15) is 16.7 Å². The standard InChI is InChI=1S/C19H12ClF6N3/c20-10-5-6-15(14(9-10)19(24,25)26)29-17-12(7-8-27-17)16(28-29)11-3-1-2-4-13(11)18(21,22)23/h1-6,9,27H,7-8H2. The van der Waals surface area contributed by atoms with Crippen molar-refractivity contribution in [3.63, 3.8) is 0 Å². The highest BCUT2D eigenvalue weighted by Gasteiger charge is 2.38. The Morgan fingerprint density at radius 2 is 1.62 bits per heavy atom. The smallest absolute Gasteiger partial charge is 0.369 e. The summed E-state index contributed by atoms with van der Waals surface area (Å²) in [6, 6.07) is 8.07. The summed E-state index contributed by atoms with van der Waals surface area (Å²) in [5, 5.41) is 6.98. The van der Waals surface area contributed by atoms with Gasteiger partial charge in [0, 0.05) is 22.7 Å². The highest BCUT2D eigenvalue weighted by atomic mass is 35.5. The Hall–Kier alpha value is -2.68. The summed E-state index contributed by atoms with van der Waals surface area (Å²) in [5.74, 6) is 0.241. The normalized spacial score (nSPS) is 14.0. The molecule has 1 N–H and O–H groups in total. The van der Waals surface area contributed by atoms with E-state index in [0.717, 1.165) is 22.9 Å². The van der Waals surface area contributed by atoms with Gasteiger partial charge in [-0.25, -0.2) is 4.68 Å². The van der Waals surface area contributed by atoms with Crippen molar-refractivity contribution < 1.29 is 26.3 Å². The van der Waals surface area contributed by atoms with E-state index in [1.807, 2.05) is 0 Å². The molecule has 0 spiro atoms. The number of halogens is 7. The van der Waals surface area contributed by atoms with Gasteiger partial charge in [-0.15, -0.1) is 0 Å². The van der Waals surface area contributed by atoms with Crippen LogP contribution in [0.4, 0.5) is 32.2 Å². The van der Waals surface area contributed by atoms with Gasteiger partial charge < -0.3 is 5.32 Å². The molecule has 1 aliphatic heterocycles. The predicted molar refractivity (Wildman–Crippen MR) is 96.2 cm³/mol. The first kappa shape index (κ1) is 19.6. The van der Waals surface area contributed by atoms with Gasteiger partial charge in [-0.1, -0.05) is 29.8 Å². The van der Waals surface area contributed by atoms with Crippen molar-refractivity contribution in [2.45, 2.75) is 18.8 Å². The molecule has 3 nitrogen and oxygen atoms in total. The number of rotatable bonds is 2. The van der Waals surface area contributed by atoms with Crippen LogP contribution in [-0.2, 0) is 18.8 Å². The number of nitrogens with zero attached hydrogens (tertiary/aromatic N) is 2. The van der Waals surface area contributed by atoms with Gasteiger partial charge >= 0.3 is 12.4 Å². The van der Waals surface area contributed by atoms with Crippen molar-refractivity contribution >= 4 is 17.4 Å². The van der Waals surface area contributed by atoms with Gasteiger partial charge in [-0.05, 0) is 30.7 Å². The molecule has 4 rings (SSSR count). The Kier molecular flexibility index (Phi) is 4.53. The van der Waals surface area contributed by atoms with Gasteiger partial charge in [0.1, 0.15) is 5.82 Å². The fourth-order valence-corrected chi connectivity index (χ4v) is 3.59. The first-order valence-electron chi connectivity index (χ1n) is 8.47. The van der Waals surface area contributed by atoms with Crippen LogP contribution < -0.4 is 5.32 Å². The summed E-state index contributed by atoms with van der Waals surface area (Å²) >= 11 is 5.73. The van der Waals surface area contributed by atoms with Gasteiger partial charge in [0.25, 0.3) is 0 Å². The Labute approximate surface area is 165 Å². The zero-order valence-corrected chi connectivity index (χ0v) is 15.3. The van der Waals surface area contributed by atoms with E-state index in [-0.39, 0.29) is 27.8 Å². The lowest BCUT2D eigenvalue weighted by Crippen LogP contribution is -2.13. The van der Waals surface area contributed by atoms with Crippen molar-refractivity contribution in [1.82, 2.24) is 9.78 Å². The summed E-state index contributed by atoms with van der Waals surface area (Å²) in [5.41, 5.74) is -1.98. The van der Waals surface area contributed by atoms with Crippen LogP contribution in [-0.4, -0.2) is 16.3 Å². The fourth-order valence-electron chi connectivity index (χ4n) is 3.42. The molecule has 0 amide bonds. The predicted octanol–water partition coefficient (Wildman–Crippen LogP) is 6.20. The number of nitrogens with one attached hydrogen (secondary N) is 1. The molecule has 0 unspecified atom stereocenters. The van der Waals surface area contributed by atoms with E-state index >= 15 is 0 Å². The van der Waals surface area contributed by atoms with Gasteiger partial charge in [0.05, 0.1) is 22.5 Å². The summed E-state index contributed by atoms with van der Waals surface area (Å²) in [7, 11) is 0. The molecule has 3 aromatic rings. The van der Waals surface area contributed by atoms with E-state index in [1.165, 1.54) is 24.3 Å². The molecule has 29 heavy (non-hydrogen) atoms. The molecule has 0 aliphatic carbocycles. The maximum Gasteiger partial charge on any atom is 0.418 e. The van der Waals surface area contributed by atoms with Crippen LogP contribution in [0.5, 0.6) is 0 Å². The first-order chi connectivity index (χ1) is 13.6. The number of anilines is 1. The van der Waals surface area contributed by atoms with E-state index < -0.39 is 23.5 Å². The lowest BCUT2D eigenvalue weighted by atomic mass is 10.0. The molecule has 0 fully saturated rings. The van der Waals surface area contributed by atoms with Crippen molar-refractivity contribution in [3.8, 4) is 16.9 Å². The zero-order valence-electron chi connectivity index (χ0n) is 14.5. The minimum atomic E-state index is -4.72. The molecular formula is C19H12ClF6N3. The minimum absolute atomic E-state index is 0.000925. The second kappa shape index (κ2) is 6.69. The average Bonchev–Trinajstić information content (AvgIpc) is 3.23. The van der Waals surface area contributed by atoms with Crippen molar-refractivity contribution in [2.24, 2.45) is 0 Å². The molecular weight excluding hydrogens is 420 g/mol. The molecule has 0 saturated carbocycles. The lowest BCUT2D eigenvalue weighted by molar-refractivity contribution is -0.138. The van der Waals surface area contributed by atoms with E-state index in [9.17, 15) is 26.3 Å². The number of alkyl halides is 6. The molecule has 0 saturated heterocycles. The highest BCUT2D eigenvalue weighted by Crippen LogP contribution is 2.43. The zero-order chi connectivity index (χ0) is 21.0. The molecule has 1 aliphatic rings. The average molecular weight is 432 g/mol. The van der Waals surface area contributed by atoms with Gasteiger partial charge in [-0.3, -0.25) is 0 Å². The quantitative estimate of drug-likeness (QED) is 0.490. The molecule has 2 heterocycles. The van der Waals surface area contributed by atoms with Gasteiger partial charge in [0.2, 0.25) is 0 Å². The number of hydrogen-bond donors (Lipinski definition) is 1. The fraction of sp³-hybridized carbons (Fsp3) is 0.211. The minimum Gasteiger partial charge on any atom is -0.369 e. The lowest BCUT2D eigenvalue weighted by Gasteiger charge is -2.15. The molecule has 1 aromatic heterocycles. The first-order valence-corrected chi connectivity index (χ1v) is 8.84. The number of aromatic nitrogens is 2. The van der Waals surface area contributed by atoms with E-state index in [4.69, 9.17) is 11.6 Å². The maximum atomic E-state index is 13.5. The number of hydrogen-bond acceptors (Lipinski definition) is 2. The van der Waals surface area contributed by atoms with E-state index in [0.29, 0.717) is 18.5 Å². The number of fused-ring (bicyclic) bond motifs is 1. The summed E-state index contributed by atoms with van der Waals surface area (Å²) < 4.78 is 82.0. The molecule has 10 heteroatoms. The Morgan fingerprint density at radius 1 is 0.931 bits per heavy atom. The molecule has 0 bridgehead atoms. The monoisotopic (exact) mass is 431 g/mol. The third kappa shape index (κ3) is 3.43. The largest absolute Gasteiger partial charge is 0.418 e. The van der Waals surface area contributed by atoms with Crippen LogP contribution in [0.2, 0.25) is 5.02 Å². The van der Waals surface area contributed by atoms with Crippen molar-refractivity contribution in [3.05, 3.63) is 64.2 Å². The Balaban J connectivity index is 1.97. The number of benzene rings is 2. The van der Waals surface area contributed by atoms with Crippen LogP contribution in [0, 0.1) is 0 Å². The Morgan fingerprint density at radius 3 is 2.31 bits per heavy atom. The molecule has 152 valence electrons.